The van der Waals surface area contributed by atoms with E-state index in [1.165, 1.54) is 5.57 Å². The average molecular weight is 409 g/mol. The monoisotopic (exact) mass is 408 g/mol. The Kier molecular flexibility index (Phi) is 5.97. The van der Waals surface area contributed by atoms with Gasteiger partial charge >= 0.3 is 5.97 Å². The molecule has 2 saturated carbocycles. The van der Waals surface area contributed by atoms with Crippen LogP contribution in [0.2, 0.25) is 0 Å². The summed E-state index contributed by atoms with van der Waals surface area (Å²) in [7, 11) is 0. The molecular weight excluding hydrogens is 372 g/mol. The molecule has 0 aromatic carbocycles. The Labute approximate surface area is 181 Å². The molecule has 30 heavy (non-hydrogen) atoms. The average Bonchev–Trinajstić information content (AvgIpc) is 3.08. The lowest BCUT2D eigenvalue weighted by Gasteiger charge is -2.56. The minimum Gasteiger partial charge on any atom is -0.441 e. The van der Waals surface area contributed by atoms with Gasteiger partial charge in [0.05, 0.1) is 0 Å². The van der Waals surface area contributed by atoms with Gasteiger partial charge in [0.25, 0.3) is 0 Å². The maximum absolute atomic E-state index is 12.7. The van der Waals surface area contributed by atoms with E-state index in [1.807, 2.05) is 6.08 Å². The lowest BCUT2D eigenvalue weighted by Crippen LogP contribution is -2.55. The van der Waals surface area contributed by atoms with Gasteiger partial charge in [-0.1, -0.05) is 44.3 Å². The molecule has 0 aromatic rings. The van der Waals surface area contributed by atoms with Crippen LogP contribution in [0.25, 0.3) is 0 Å². The van der Waals surface area contributed by atoms with Gasteiger partial charge in [-0.15, -0.1) is 6.42 Å². The van der Waals surface area contributed by atoms with Gasteiger partial charge in [0.1, 0.15) is 0 Å². The number of fused-ring (bicyclic) bond motifs is 5. The number of ether oxygens (including phenoxy) is 1. The molecule has 0 amide bonds. The summed E-state index contributed by atoms with van der Waals surface area (Å²) in [5.74, 6) is 5.23. The van der Waals surface area contributed by atoms with E-state index < -0.39 is 5.60 Å². The number of carbonyl (C=O) groups is 2. The van der Waals surface area contributed by atoms with E-state index in [0.717, 1.165) is 57.8 Å². The molecule has 0 saturated heterocycles. The normalized spacial score (nSPS) is 39.4. The number of ketones is 1. The Morgan fingerprint density at radius 1 is 1.20 bits per heavy atom. The van der Waals surface area contributed by atoms with Crippen molar-refractivity contribution in [2.75, 3.05) is 0 Å². The van der Waals surface area contributed by atoms with E-state index in [4.69, 9.17) is 11.2 Å². The Bertz CT molecular complexity index is 799. The molecule has 0 heterocycles. The molecule has 0 N–H and O–H groups in total. The SMILES string of the molecule is C#C[C@]1(OC(=O)CCCCC)C=CC2C3CCC4=CC(=O)CCC4C3CC[C@@]21CC. The number of hydrogen-bond donors (Lipinski definition) is 0. The van der Waals surface area contributed by atoms with E-state index in [2.05, 4.69) is 31.9 Å². The first-order valence-electron chi connectivity index (χ1n) is 12.1. The van der Waals surface area contributed by atoms with Crippen LogP contribution in [0.15, 0.2) is 23.8 Å². The highest BCUT2D eigenvalue weighted by molar-refractivity contribution is 5.91. The topological polar surface area (TPSA) is 43.4 Å². The van der Waals surface area contributed by atoms with Crippen molar-refractivity contribution < 1.29 is 14.3 Å². The predicted octanol–water partition coefficient (Wildman–Crippen LogP) is 5.79. The standard InChI is InChI=1S/C27H36O3/c1-4-7-8-9-25(29)30-27(6-3)17-15-24-23-12-10-19-18-20(28)11-13-21(19)22(23)14-16-26(24,27)5-2/h3,15,17-18,21-24H,4-5,7-14,16H2,1-2H3/t21?,22?,23?,24?,26-,27-/m0/s1. The van der Waals surface area contributed by atoms with Crippen LogP contribution in [0.1, 0.15) is 84.5 Å². The van der Waals surface area contributed by atoms with E-state index in [1.54, 1.807) is 0 Å². The molecule has 4 rings (SSSR count). The van der Waals surface area contributed by atoms with Crippen LogP contribution >= 0.6 is 0 Å². The van der Waals surface area contributed by atoms with Crippen molar-refractivity contribution in [1.29, 1.82) is 0 Å². The molecule has 6 atom stereocenters. The fourth-order valence-corrected chi connectivity index (χ4v) is 7.27. The highest BCUT2D eigenvalue weighted by Crippen LogP contribution is 2.64. The first kappa shape index (κ1) is 21.4. The zero-order chi connectivity index (χ0) is 21.4. The molecule has 0 radical (unpaired) electrons. The third kappa shape index (κ3) is 3.28. The van der Waals surface area contributed by atoms with Crippen molar-refractivity contribution >= 4 is 11.8 Å². The number of unbranched alkanes of at least 4 members (excludes halogenated alkanes) is 2. The van der Waals surface area contributed by atoms with Gasteiger partial charge in [0.2, 0.25) is 0 Å². The van der Waals surface area contributed by atoms with Crippen molar-refractivity contribution in [2.45, 2.75) is 90.1 Å². The fraction of sp³-hybridized carbons (Fsp3) is 0.704. The number of esters is 1. The molecule has 4 aliphatic rings. The smallest absolute Gasteiger partial charge is 0.307 e. The van der Waals surface area contributed by atoms with Gasteiger partial charge in [-0.25, -0.2) is 0 Å². The Morgan fingerprint density at radius 2 is 2.03 bits per heavy atom. The minimum absolute atomic E-state index is 0.152. The zero-order valence-corrected chi connectivity index (χ0v) is 18.6. The number of rotatable bonds is 6. The quantitative estimate of drug-likeness (QED) is 0.242. The molecule has 0 spiro atoms. The Morgan fingerprint density at radius 3 is 2.77 bits per heavy atom. The van der Waals surface area contributed by atoms with Crippen LogP contribution in [0.4, 0.5) is 0 Å². The maximum Gasteiger partial charge on any atom is 0.307 e. The molecule has 4 unspecified atom stereocenters. The van der Waals surface area contributed by atoms with Crippen LogP contribution in [-0.2, 0) is 14.3 Å². The summed E-state index contributed by atoms with van der Waals surface area (Å²) in [6.07, 6.45) is 22.7. The maximum atomic E-state index is 12.7. The largest absolute Gasteiger partial charge is 0.441 e. The minimum atomic E-state index is -0.903. The lowest BCUT2D eigenvalue weighted by molar-refractivity contribution is -0.168. The van der Waals surface area contributed by atoms with Gasteiger partial charge < -0.3 is 4.74 Å². The molecule has 0 bridgehead atoms. The Balaban J connectivity index is 1.58. The Hall–Kier alpha value is -1.82. The van der Waals surface area contributed by atoms with Gasteiger partial charge in [-0.05, 0) is 80.8 Å². The van der Waals surface area contributed by atoms with E-state index >= 15 is 0 Å². The van der Waals surface area contributed by atoms with Crippen molar-refractivity contribution in [3.63, 3.8) is 0 Å². The molecule has 0 aromatic heterocycles. The van der Waals surface area contributed by atoms with Crippen LogP contribution in [-0.4, -0.2) is 17.4 Å². The summed E-state index contributed by atoms with van der Waals surface area (Å²) in [4.78, 5) is 24.6. The summed E-state index contributed by atoms with van der Waals surface area (Å²) in [5, 5.41) is 0. The van der Waals surface area contributed by atoms with Crippen molar-refractivity contribution in [3.8, 4) is 12.3 Å². The summed E-state index contributed by atoms with van der Waals surface area (Å²) < 4.78 is 6.14. The summed E-state index contributed by atoms with van der Waals surface area (Å²) >= 11 is 0. The van der Waals surface area contributed by atoms with Crippen LogP contribution in [0, 0.1) is 41.4 Å². The highest BCUT2D eigenvalue weighted by Gasteiger charge is 2.63. The number of allylic oxidation sites excluding steroid dienone is 3. The van der Waals surface area contributed by atoms with E-state index in [0.29, 0.717) is 42.3 Å². The summed E-state index contributed by atoms with van der Waals surface area (Å²) in [6, 6.07) is 0. The predicted molar refractivity (Wildman–Crippen MR) is 118 cm³/mol. The number of carbonyl (C=O) groups excluding carboxylic acids is 2. The van der Waals surface area contributed by atoms with Gasteiger partial charge in [0.15, 0.2) is 11.4 Å². The van der Waals surface area contributed by atoms with Gasteiger partial charge in [0, 0.05) is 18.3 Å². The molecule has 162 valence electrons. The summed E-state index contributed by atoms with van der Waals surface area (Å²) in [5.41, 5.74) is 0.304. The molecule has 4 aliphatic carbocycles. The van der Waals surface area contributed by atoms with Gasteiger partial charge in [-0.2, -0.15) is 0 Å². The molecule has 0 aliphatic heterocycles. The summed E-state index contributed by atoms with van der Waals surface area (Å²) in [6.45, 7) is 4.35. The second-order valence-electron chi connectivity index (χ2n) is 9.94. The fourth-order valence-electron chi connectivity index (χ4n) is 7.27. The molecule has 3 heteroatoms. The van der Waals surface area contributed by atoms with Crippen molar-refractivity contribution in [3.05, 3.63) is 23.8 Å². The highest BCUT2D eigenvalue weighted by atomic mass is 16.6. The molecule has 2 fully saturated rings. The number of hydrogen-bond acceptors (Lipinski definition) is 3. The number of terminal acetylenes is 1. The first-order valence-corrected chi connectivity index (χ1v) is 12.1. The third-order valence-corrected chi connectivity index (χ3v) is 8.76. The lowest BCUT2D eigenvalue weighted by atomic mass is 9.49. The molecular formula is C27H36O3. The second-order valence-corrected chi connectivity index (χ2v) is 9.94. The van der Waals surface area contributed by atoms with Gasteiger partial charge in [-0.3, -0.25) is 9.59 Å². The van der Waals surface area contributed by atoms with Crippen LogP contribution in [0.5, 0.6) is 0 Å². The molecule has 3 nitrogen and oxygen atoms in total. The van der Waals surface area contributed by atoms with Crippen molar-refractivity contribution in [1.82, 2.24) is 0 Å². The van der Waals surface area contributed by atoms with E-state index in [9.17, 15) is 9.59 Å². The van der Waals surface area contributed by atoms with Crippen LogP contribution in [0.3, 0.4) is 0 Å². The van der Waals surface area contributed by atoms with Crippen molar-refractivity contribution in [2.24, 2.45) is 29.1 Å². The zero-order valence-electron chi connectivity index (χ0n) is 18.6. The first-order chi connectivity index (χ1) is 14.5. The van der Waals surface area contributed by atoms with Crippen LogP contribution < -0.4 is 0 Å². The third-order valence-electron chi connectivity index (χ3n) is 8.76. The van der Waals surface area contributed by atoms with E-state index in [-0.39, 0.29) is 11.4 Å². The second kappa shape index (κ2) is 8.37.